The van der Waals surface area contributed by atoms with Crippen LogP contribution in [0.1, 0.15) is 71.1 Å². The van der Waals surface area contributed by atoms with Gasteiger partial charge in [0.1, 0.15) is 5.75 Å². The molecule has 0 amide bonds. The van der Waals surface area contributed by atoms with Crippen LogP contribution in [-0.4, -0.2) is 32.1 Å². The average Bonchev–Trinajstić information content (AvgIpc) is 2.82. The van der Waals surface area contributed by atoms with Gasteiger partial charge in [0.25, 0.3) is 0 Å². The number of rotatable bonds is 13. The molecule has 0 fully saturated rings. The molecule has 0 aromatic heterocycles. The molecule has 0 saturated heterocycles. The quantitative estimate of drug-likeness (QED) is 0.133. The van der Waals surface area contributed by atoms with Crippen LogP contribution in [0.5, 0.6) is 34.5 Å². The van der Waals surface area contributed by atoms with E-state index < -0.39 is 17.2 Å². The van der Waals surface area contributed by atoms with Gasteiger partial charge in [0, 0.05) is 10.9 Å². The summed E-state index contributed by atoms with van der Waals surface area (Å²) in [4.78, 5) is 0. The van der Waals surface area contributed by atoms with E-state index in [0.717, 1.165) is 12.8 Å². The minimum atomic E-state index is -0.643. The van der Waals surface area contributed by atoms with Gasteiger partial charge in [-0.2, -0.15) is 0 Å². The molecule has 3 rings (SSSR count). The topological polar surface area (TPSA) is 110 Å². The molecule has 6 heteroatoms. The molecule has 0 aliphatic carbocycles. The highest BCUT2D eigenvalue weighted by Crippen LogP contribution is 2.46. The van der Waals surface area contributed by atoms with Crippen molar-refractivity contribution in [2.24, 2.45) is 0 Å². The first-order valence-corrected chi connectivity index (χ1v) is 12.3. The number of phenols is 5. The van der Waals surface area contributed by atoms with Crippen molar-refractivity contribution in [1.82, 2.24) is 0 Å². The molecule has 3 aromatic rings. The van der Waals surface area contributed by atoms with Crippen molar-refractivity contribution in [3.05, 3.63) is 36.4 Å². The van der Waals surface area contributed by atoms with Gasteiger partial charge in [0.15, 0.2) is 28.7 Å². The Balaban J connectivity index is 1.58. The third-order valence-electron chi connectivity index (χ3n) is 6.20. The summed E-state index contributed by atoms with van der Waals surface area (Å²) in [5.74, 6) is -1.71. The largest absolute Gasteiger partial charge is 0.504 e. The van der Waals surface area contributed by atoms with E-state index in [0.29, 0.717) is 23.1 Å². The fraction of sp³-hybridized carbons (Fsp3) is 0.429. The smallest absolute Gasteiger partial charge is 0.200 e. The van der Waals surface area contributed by atoms with E-state index in [9.17, 15) is 25.5 Å². The van der Waals surface area contributed by atoms with E-state index in [4.69, 9.17) is 4.74 Å². The van der Waals surface area contributed by atoms with E-state index in [1.807, 2.05) is 0 Å². The second-order valence-corrected chi connectivity index (χ2v) is 8.90. The molecule has 0 aliphatic rings. The molecule has 0 saturated carbocycles. The van der Waals surface area contributed by atoms with Gasteiger partial charge in [0.2, 0.25) is 0 Å². The van der Waals surface area contributed by atoms with Crippen molar-refractivity contribution >= 4 is 10.8 Å². The van der Waals surface area contributed by atoms with Gasteiger partial charge in [0.05, 0.1) is 6.61 Å². The minimum Gasteiger partial charge on any atom is -0.504 e. The van der Waals surface area contributed by atoms with Crippen molar-refractivity contribution in [2.75, 3.05) is 6.61 Å². The summed E-state index contributed by atoms with van der Waals surface area (Å²) in [6, 6.07) is 9.29. The minimum absolute atomic E-state index is 0.211. The SMILES string of the molecule is CCCCCCCCCCCCOc1ccc2c(O)c(O)c(-c3cc(O)c(O)c(O)c3)cc2c1. The molecule has 5 N–H and O–H groups in total. The van der Waals surface area contributed by atoms with E-state index in [-0.39, 0.29) is 22.6 Å². The fourth-order valence-electron chi connectivity index (χ4n) is 4.20. The number of aromatic hydroxyl groups is 5. The van der Waals surface area contributed by atoms with E-state index in [2.05, 4.69) is 6.92 Å². The van der Waals surface area contributed by atoms with Crippen LogP contribution < -0.4 is 4.74 Å². The molecule has 3 aromatic carbocycles. The second-order valence-electron chi connectivity index (χ2n) is 8.90. The number of hydrogen-bond donors (Lipinski definition) is 5. The van der Waals surface area contributed by atoms with Gasteiger partial charge in [-0.15, -0.1) is 0 Å². The van der Waals surface area contributed by atoms with Crippen molar-refractivity contribution in [2.45, 2.75) is 71.1 Å². The molecule has 0 bridgehead atoms. The van der Waals surface area contributed by atoms with Gasteiger partial charge in [-0.05, 0) is 53.8 Å². The third-order valence-corrected chi connectivity index (χ3v) is 6.20. The lowest BCUT2D eigenvalue weighted by atomic mass is 9.98. The molecule has 184 valence electrons. The predicted octanol–water partition coefficient (Wildman–Crippen LogP) is 7.33. The monoisotopic (exact) mass is 468 g/mol. The summed E-state index contributed by atoms with van der Waals surface area (Å²) in [6.07, 6.45) is 12.6. The summed E-state index contributed by atoms with van der Waals surface area (Å²) < 4.78 is 5.90. The lowest BCUT2D eigenvalue weighted by Gasteiger charge is -2.13. The molecule has 6 nitrogen and oxygen atoms in total. The van der Waals surface area contributed by atoms with Crippen LogP contribution in [-0.2, 0) is 0 Å². The first kappa shape index (κ1) is 25.3. The highest BCUT2D eigenvalue weighted by atomic mass is 16.5. The number of benzene rings is 3. The number of fused-ring (bicyclic) bond motifs is 1. The van der Waals surface area contributed by atoms with E-state index in [1.54, 1.807) is 24.3 Å². The maximum atomic E-state index is 10.5. The van der Waals surface area contributed by atoms with Crippen LogP contribution in [0.15, 0.2) is 36.4 Å². The van der Waals surface area contributed by atoms with Crippen LogP contribution in [0.4, 0.5) is 0 Å². The maximum absolute atomic E-state index is 10.5. The Morgan fingerprint density at radius 3 is 1.82 bits per heavy atom. The van der Waals surface area contributed by atoms with Gasteiger partial charge in [-0.25, -0.2) is 0 Å². The lowest BCUT2D eigenvalue weighted by molar-refractivity contribution is 0.304. The normalized spacial score (nSPS) is 11.2. The molecule has 0 spiro atoms. The van der Waals surface area contributed by atoms with Crippen LogP contribution >= 0.6 is 0 Å². The molecule has 0 heterocycles. The number of hydrogen-bond acceptors (Lipinski definition) is 6. The fourth-order valence-corrected chi connectivity index (χ4v) is 4.20. The lowest BCUT2D eigenvalue weighted by Crippen LogP contribution is -1.97. The van der Waals surface area contributed by atoms with Crippen LogP contribution in [0.25, 0.3) is 21.9 Å². The van der Waals surface area contributed by atoms with E-state index >= 15 is 0 Å². The Kier molecular flexibility index (Phi) is 9.14. The van der Waals surface area contributed by atoms with Crippen molar-refractivity contribution in [3.63, 3.8) is 0 Å². The van der Waals surface area contributed by atoms with Crippen molar-refractivity contribution in [3.8, 4) is 45.6 Å². The van der Waals surface area contributed by atoms with Gasteiger partial charge in [-0.3, -0.25) is 0 Å². The highest BCUT2D eigenvalue weighted by Gasteiger charge is 2.17. The summed E-state index contributed by atoms with van der Waals surface area (Å²) in [6.45, 7) is 2.85. The molecular weight excluding hydrogens is 432 g/mol. The van der Waals surface area contributed by atoms with E-state index in [1.165, 1.54) is 63.5 Å². The standard InChI is InChI=1S/C28H36O6/c1-2-3-4-5-6-7-8-9-10-11-14-34-21-12-13-22-19(15-21)16-23(27(32)26(22)31)20-17-24(29)28(33)25(30)18-20/h12-13,15-18,29-33H,2-11,14H2,1H3. The number of unbranched alkanes of at least 4 members (excludes halogenated alkanes) is 9. The summed E-state index contributed by atoms with van der Waals surface area (Å²) >= 11 is 0. The second kappa shape index (κ2) is 12.3. The summed E-state index contributed by atoms with van der Waals surface area (Å²) in [7, 11) is 0. The maximum Gasteiger partial charge on any atom is 0.200 e. The molecule has 0 unspecified atom stereocenters. The Labute approximate surface area is 201 Å². The molecule has 0 aliphatic heterocycles. The average molecular weight is 469 g/mol. The van der Waals surface area contributed by atoms with Crippen molar-refractivity contribution in [1.29, 1.82) is 0 Å². The summed E-state index contributed by atoms with van der Waals surface area (Å²) in [5, 5.41) is 51.3. The zero-order chi connectivity index (χ0) is 24.5. The zero-order valence-corrected chi connectivity index (χ0v) is 19.9. The Morgan fingerprint density at radius 2 is 1.21 bits per heavy atom. The molecule has 0 radical (unpaired) electrons. The number of phenolic OH excluding ortho intramolecular Hbond substituents is 5. The van der Waals surface area contributed by atoms with Crippen LogP contribution in [0.2, 0.25) is 0 Å². The third kappa shape index (κ3) is 6.40. The molecule has 34 heavy (non-hydrogen) atoms. The Hall–Kier alpha value is -3.28. The molecule has 0 atom stereocenters. The highest BCUT2D eigenvalue weighted by molar-refractivity contribution is 5.97. The van der Waals surface area contributed by atoms with Gasteiger partial charge in [-0.1, -0.05) is 64.7 Å². The molecular formula is C28H36O6. The van der Waals surface area contributed by atoms with Crippen molar-refractivity contribution < 1.29 is 30.3 Å². The van der Waals surface area contributed by atoms with Gasteiger partial charge < -0.3 is 30.3 Å². The summed E-state index contributed by atoms with van der Waals surface area (Å²) in [5.41, 5.74) is 0.460. The van der Waals surface area contributed by atoms with Crippen LogP contribution in [0, 0.1) is 0 Å². The predicted molar refractivity (Wildman–Crippen MR) is 135 cm³/mol. The van der Waals surface area contributed by atoms with Gasteiger partial charge >= 0.3 is 0 Å². The zero-order valence-electron chi connectivity index (χ0n) is 19.9. The Morgan fingerprint density at radius 1 is 0.618 bits per heavy atom. The number of ether oxygens (including phenoxy) is 1. The first-order valence-electron chi connectivity index (χ1n) is 12.3. The van der Waals surface area contributed by atoms with Crippen LogP contribution in [0.3, 0.4) is 0 Å². The Bertz CT molecular complexity index is 1070. The first-order chi connectivity index (χ1) is 16.4.